The summed E-state index contributed by atoms with van der Waals surface area (Å²) in [6, 6.07) is 0.542. The van der Waals surface area contributed by atoms with Crippen LogP contribution in [0.2, 0.25) is 0 Å². The van der Waals surface area contributed by atoms with E-state index < -0.39 is 10.0 Å². The Kier molecular flexibility index (Phi) is 4.07. The normalized spacial score (nSPS) is 21.8. The summed E-state index contributed by atoms with van der Waals surface area (Å²) in [7, 11) is -3.51. The first-order chi connectivity index (χ1) is 9.99. The fourth-order valence-electron chi connectivity index (χ4n) is 2.95. The number of sulfonamides is 1. The van der Waals surface area contributed by atoms with Gasteiger partial charge in [0.25, 0.3) is 10.0 Å². The molecular weight excluding hydrogens is 288 g/mol. The van der Waals surface area contributed by atoms with E-state index in [0.29, 0.717) is 24.7 Å². The van der Waals surface area contributed by atoms with Crippen molar-refractivity contribution in [3.05, 3.63) is 11.8 Å². The van der Waals surface area contributed by atoms with Crippen molar-refractivity contribution < 1.29 is 8.42 Å². The van der Waals surface area contributed by atoms with Crippen molar-refractivity contribution in [1.29, 1.82) is 0 Å². The second-order valence-electron chi connectivity index (χ2n) is 6.72. The van der Waals surface area contributed by atoms with Crippen LogP contribution in [0.25, 0.3) is 0 Å². The molecule has 2 saturated carbocycles. The number of H-pyrrole nitrogens is 1. The van der Waals surface area contributed by atoms with E-state index in [1.165, 1.54) is 25.7 Å². The molecule has 0 aromatic carbocycles. The first-order valence-corrected chi connectivity index (χ1v) is 9.22. The molecule has 6 nitrogen and oxygen atoms in total. The minimum absolute atomic E-state index is 0.0967. The lowest BCUT2D eigenvalue weighted by atomic mass is 9.89. The topological polar surface area (TPSA) is 86.9 Å². The number of hydrogen-bond donors (Lipinski definition) is 3. The average Bonchev–Trinajstić information content (AvgIpc) is 2.97. The Bertz CT molecular complexity index is 586. The van der Waals surface area contributed by atoms with Gasteiger partial charge in [0, 0.05) is 24.7 Å². The van der Waals surface area contributed by atoms with Crippen molar-refractivity contribution >= 4 is 10.0 Å². The van der Waals surface area contributed by atoms with E-state index in [1.807, 2.05) is 0 Å². The van der Waals surface area contributed by atoms with E-state index in [0.717, 1.165) is 12.8 Å². The van der Waals surface area contributed by atoms with E-state index in [4.69, 9.17) is 0 Å². The summed E-state index contributed by atoms with van der Waals surface area (Å²) >= 11 is 0. The van der Waals surface area contributed by atoms with Gasteiger partial charge in [-0.1, -0.05) is 19.8 Å². The largest absolute Gasteiger partial charge is 0.310 e. The van der Waals surface area contributed by atoms with E-state index >= 15 is 0 Å². The molecule has 118 valence electrons. The molecule has 0 radical (unpaired) electrons. The molecule has 2 aliphatic rings. The lowest BCUT2D eigenvalue weighted by molar-refractivity contribution is 0.336. The van der Waals surface area contributed by atoms with Gasteiger partial charge in [-0.15, -0.1) is 0 Å². The Balaban J connectivity index is 1.64. The Morgan fingerprint density at radius 3 is 2.76 bits per heavy atom. The molecule has 0 saturated heterocycles. The molecule has 3 N–H and O–H groups in total. The smallest absolute Gasteiger partial charge is 0.257 e. The Labute approximate surface area is 126 Å². The van der Waals surface area contributed by atoms with Gasteiger partial charge in [0.2, 0.25) is 0 Å². The summed E-state index contributed by atoms with van der Waals surface area (Å²) in [5.74, 6) is 0. The molecule has 0 aliphatic heterocycles. The third-order valence-electron chi connectivity index (χ3n) is 4.61. The van der Waals surface area contributed by atoms with Gasteiger partial charge in [-0.05, 0) is 31.1 Å². The SMILES string of the molecule is CC1(CNS(=O)(=O)c2[nH]ncc2CNC2CC2)CCCC1. The van der Waals surface area contributed by atoms with Crippen molar-refractivity contribution in [3.8, 4) is 0 Å². The number of hydrogen-bond acceptors (Lipinski definition) is 4. The maximum atomic E-state index is 12.5. The second-order valence-corrected chi connectivity index (χ2v) is 8.43. The van der Waals surface area contributed by atoms with Crippen molar-refractivity contribution in [1.82, 2.24) is 20.2 Å². The third kappa shape index (κ3) is 3.64. The lowest BCUT2D eigenvalue weighted by Crippen LogP contribution is -2.35. The quantitative estimate of drug-likeness (QED) is 0.712. The molecule has 21 heavy (non-hydrogen) atoms. The standard InChI is InChI=1S/C14H24N4O2S/c1-14(6-2-3-7-14)10-17-21(19,20)13-11(9-16-18-13)8-15-12-4-5-12/h9,12,15,17H,2-8,10H2,1H3,(H,16,18). The van der Waals surface area contributed by atoms with Gasteiger partial charge in [0.15, 0.2) is 5.03 Å². The average molecular weight is 312 g/mol. The molecule has 0 unspecified atom stereocenters. The Morgan fingerprint density at radius 1 is 1.38 bits per heavy atom. The third-order valence-corrected chi connectivity index (χ3v) is 6.02. The minimum atomic E-state index is -3.51. The van der Waals surface area contributed by atoms with Crippen molar-refractivity contribution in [3.63, 3.8) is 0 Å². The highest BCUT2D eigenvalue weighted by Crippen LogP contribution is 2.37. The molecule has 2 fully saturated rings. The summed E-state index contributed by atoms with van der Waals surface area (Å²) in [6.07, 6.45) is 8.52. The maximum Gasteiger partial charge on any atom is 0.257 e. The first-order valence-electron chi connectivity index (χ1n) is 7.74. The van der Waals surface area contributed by atoms with Crippen LogP contribution >= 0.6 is 0 Å². The van der Waals surface area contributed by atoms with Crippen molar-refractivity contribution in [2.45, 2.75) is 63.1 Å². The highest BCUT2D eigenvalue weighted by atomic mass is 32.2. The molecule has 1 aromatic rings. The Hall–Kier alpha value is -0.920. The summed E-state index contributed by atoms with van der Waals surface area (Å²) in [6.45, 7) is 3.21. The zero-order chi connectivity index (χ0) is 14.9. The minimum Gasteiger partial charge on any atom is -0.310 e. The maximum absolute atomic E-state index is 12.5. The van der Waals surface area contributed by atoms with E-state index in [1.54, 1.807) is 6.20 Å². The van der Waals surface area contributed by atoms with Crippen LogP contribution in [-0.2, 0) is 16.6 Å². The molecule has 2 aliphatic carbocycles. The number of nitrogens with zero attached hydrogens (tertiary/aromatic N) is 1. The van der Waals surface area contributed by atoms with Crippen LogP contribution in [0.15, 0.2) is 11.2 Å². The number of rotatable bonds is 7. The summed E-state index contributed by atoms with van der Waals surface area (Å²) < 4.78 is 27.7. The molecule has 1 aromatic heterocycles. The van der Waals surface area contributed by atoms with Gasteiger partial charge >= 0.3 is 0 Å². The van der Waals surface area contributed by atoms with Gasteiger partial charge < -0.3 is 5.32 Å². The summed E-state index contributed by atoms with van der Waals surface area (Å²) in [5.41, 5.74) is 0.811. The molecule has 0 amide bonds. The fourth-order valence-corrected chi connectivity index (χ4v) is 4.27. The Morgan fingerprint density at radius 2 is 2.10 bits per heavy atom. The van der Waals surface area contributed by atoms with E-state index in [-0.39, 0.29) is 10.4 Å². The predicted molar refractivity (Wildman–Crippen MR) is 80.2 cm³/mol. The molecule has 3 rings (SSSR count). The highest BCUT2D eigenvalue weighted by Gasteiger charge is 2.31. The fraction of sp³-hybridized carbons (Fsp3) is 0.786. The zero-order valence-electron chi connectivity index (χ0n) is 12.5. The molecule has 0 spiro atoms. The van der Waals surface area contributed by atoms with Crippen LogP contribution in [0.3, 0.4) is 0 Å². The van der Waals surface area contributed by atoms with Crippen LogP contribution in [0, 0.1) is 5.41 Å². The number of nitrogens with one attached hydrogen (secondary N) is 3. The summed E-state index contributed by atoms with van der Waals surface area (Å²) in [4.78, 5) is 0. The number of aromatic amines is 1. The van der Waals surface area contributed by atoms with E-state index in [2.05, 4.69) is 27.2 Å². The van der Waals surface area contributed by atoms with Gasteiger partial charge in [0.1, 0.15) is 0 Å². The van der Waals surface area contributed by atoms with Crippen LogP contribution in [0.4, 0.5) is 0 Å². The van der Waals surface area contributed by atoms with Crippen molar-refractivity contribution in [2.24, 2.45) is 5.41 Å². The lowest BCUT2D eigenvalue weighted by Gasteiger charge is -2.23. The van der Waals surface area contributed by atoms with Gasteiger partial charge in [-0.25, -0.2) is 13.1 Å². The van der Waals surface area contributed by atoms with E-state index in [9.17, 15) is 8.42 Å². The molecule has 0 bridgehead atoms. The second kappa shape index (κ2) is 5.70. The monoisotopic (exact) mass is 312 g/mol. The van der Waals surface area contributed by atoms with Crippen LogP contribution in [0.1, 0.15) is 51.0 Å². The summed E-state index contributed by atoms with van der Waals surface area (Å²) in [5, 5.41) is 10.1. The highest BCUT2D eigenvalue weighted by molar-refractivity contribution is 7.89. The number of aromatic nitrogens is 2. The zero-order valence-corrected chi connectivity index (χ0v) is 13.3. The molecular formula is C14H24N4O2S. The van der Waals surface area contributed by atoms with Crippen molar-refractivity contribution in [2.75, 3.05) is 6.54 Å². The molecule has 0 atom stereocenters. The predicted octanol–water partition coefficient (Wildman–Crippen LogP) is 1.52. The van der Waals surface area contributed by atoms with Gasteiger partial charge in [-0.3, -0.25) is 5.10 Å². The van der Waals surface area contributed by atoms with Gasteiger partial charge in [-0.2, -0.15) is 5.10 Å². The molecule has 7 heteroatoms. The van der Waals surface area contributed by atoms with Crippen LogP contribution in [-0.4, -0.2) is 31.2 Å². The molecule has 1 heterocycles. The van der Waals surface area contributed by atoms with Gasteiger partial charge in [0.05, 0.1) is 6.20 Å². The van der Waals surface area contributed by atoms with Crippen LogP contribution in [0.5, 0.6) is 0 Å². The first kappa shape index (κ1) is 15.0. The van der Waals surface area contributed by atoms with Crippen LogP contribution < -0.4 is 10.0 Å².